The highest BCUT2D eigenvalue weighted by atomic mass is 19.1. The van der Waals surface area contributed by atoms with Crippen LogP contribution in [0.25, 0.3) is 10.9 Å². The largest absolute Gasteiger partial charge is 0.384 e. The van der Waals surface area contributed by atoms with E-state index in [-0.39, 0.29) is 5.56 Å². The number of rotatable bonds is 2. The Morgan fingerprint density at radius 3 is 2.50 bits per heavy atom. The molecule has 0 bridgehead atoms. The van der Waals surface area contributed by atoms with Crippen molar-refractivity contribution in [2.24, 2.45) is 0 Å². The molecule has 0 saturated heterocycles. The van der Waals surface area contributed by atoms with Crippen LogP contribution in [-0.2, 0) is 0 Å². The fraction of sp³-hybridized carbons (Fsp3) is 0.0625. The molecule has 4 heteroatoms. The van der Waals surface area contributed by atoms with E-state index in [9.17, 15) is 13.9 Å². The summed E-state index contributed by atoms with van der Waals surface area (Å²) in [6, 6.07) is 12.8. The molecule has 1 heterocycles. The molecule has 0 aliphatic carbocycles. The monoisotopic (exact) mass is 270 g/mol. The molecule has 0 amide bonds. The lowest BCUT2D eigenvalue weighted by molar-refractivity contribution is 0.219. The van der Waals surface area contributed by atoms with Crippen molar-refractivity contribution in [3.63, 3.8) is 0 Å². The van der Waals surface area contributed by atoms with Crippen LogP contribution in [0.4, 0.5) is 8.78 Å². The molecule has 0 fully saturated rings. The van der Waals surface area contributed by atoms with Crippen molar-refractivity contribution in [3.05, 3.63) is 77.5 Å². The zero-order valence-electron chi connectivity index (χ0n) is 10.3. The molecule has 99 valence electrons. The number of nitrogens with zero attached hydrogens (tertiary/aromatic N) is 1. The predicted octanol–water partition coefficient (Wildman–Crippen LogP) is 3.39. The number of aliphatic hydroxyl groups excluding tert-OH is 1. The van der Waals surface area contributed by atoms with Crippen LogP contribution >= 0.6 is 0 Å². The van der Waals surface area contributed by atoms with Crippen LogP contribution in [0.2, 0.25) is 0 Å². The Kier molecular flexibility index (Phi) is 3.16. The van der Waals surface area contributed by atoms with Crippen LogP contribution in [0.15, 0.2) is 48.7 Å². The van der Waals surface area contributed by atoms with Crippen LogP contribution in [0.1, 0.15) is 17.2 Å². The molecule has 1 atom stereocenters. The van der Waals surface area contributed by atoms with Crippen LogP contribution in [0, 0.1) is 17.7 Å². The van der Waals surface area contributed by atoms with Gasteiger partial charge in [-0.2, -0.15) is 0 Å². The highest BCUT2D eigenvalue weighted by Crippen LogP contribution is 2.25. The molecule has 1 unspecified atom stereocenters. The van der Waals surface area contributed by atoms with E-state index in [1.807, 2.05) is 0 Å². The summed E-state index contributed by atoms with van der Waals surface area (Å²) >= 11 is 0. The minimum atomic E-state index is -1.10. The molecule has 3 aromatic rings. The second kappa shape index (κ2) is 4.98. The van der Waals surface area contributed by atoms with Crippen LogP contribution in [-0.4, -0.2) is 10.1 Å². The summed E-state index contributed by atoms with van der Waals surface area (Å²) in [5.41, 5.74) is 1.36. The van der Waals surface area contributed by atoms with E-state index >= 15 is 0 Å². The lowest BCUT2D eigenvalue weighted by Gasteiger charge is -2.12. The Bertz CT molecular complexity index is 753. The van der Waals surface area contributed by atoms with Gasteiger partial charge in [-0.05, 0) is 41.5 Å². The molecular weight excluding hydrogens is 260 g/mol. The first-order valence-electron chi connectivity index (χ1n) is 6.04. The van der Waals surface area contributed by atoms with Crippen LogP contribution < -0.4 is 0 Å². The minimum absolute atomic E-state index is 0.168. The highest BCUT2D eigenvalue weighted by molar-refractivity contribution is 5.78. The summed E-state index contributed by atoms with van der Waals surface area (Å²) in [4.78, 5) is 4.16. The number of benzene rings is 2. The number of aromatic nitrogens is 1. The summed E-state index contributed by atoms with van der Waals surface area (Å²) in [6.45, 7) is 0. The molecule has 0 aliphatic rings. The third-order valence-electron chi connectivity index (χ3n) is 3.07. The molecule has 0 spiro atoms. The molecule has 1 aromatic heterocycles. The number of halogens is 2. The number of fused-ring (bicyclic) bond motifs is 1. The van der Waals surface area contributed by atoms with Gasteiger partial charge in [0, 0.05) is 17.6 Å². The topological polar surface area (TPSA) is 33.1 Å². The van der Waals surface area contributed by atoms with Crippen molar-refractivity contribution in [2.45, 2.75) is 6.10 Å². The van der Waals surface area contributed by atoms with Crippen LogP contribution in [0.3, 0.4) is 0 Å². The van der Waals surface area contributed by atoms with Gasteiger partial charge in [0.05, 0.1) is 5.52 Å². The number of hydrogen-bond acceptors (Lipinski definition) is 2. The van der Waals surface area contributed by atoms with Crippen molar-refractivity contribution in [2.75, 3.05) is 0 Å². The summed E-state index contributed by atoms with van der Waals surface area (Å²) in [7, 11) is 0. The number of aliphatic hydroxyl groups is 1. The molecule has 1 radical (unpaired) electrons. The Hall–Kier alpha value is -2.33. The molecule has 0 saturated carbocycles. The second-order valence-electron chi connectivity index (χ2n) is 4.47. The molecule has 20 heavy (non-hydrogen) atoms. The van der Waals surface area contributed by atoms with Crippen molar-refractivity contribution in [1.82, 2.24) is 4.98 Å². The van der Waals surface area contributed by atoms with E-state index in [1.54, 1.807) is 30.5 Å². The molecule has 0 aliphatic heterocycles. The molecular formula is C16H10F2NO. The van der Waals surface area contributed by atoms with Crippen molar-refractivity contribution in [1.29, 1.82) is 0 Å². The Balaban J connectivity index is 2.05. The van der Waals surface area contributed by atoms with Gasteiger partial charge in [-0.1, -0.05) is 12.1 Å². The number of hydrogen-bond donors (Lipinski definition) is 1. The first-order chi connectivity index (χ1) is 9.63. The van der Waals surface area contributed by atoms with E-state index in [0.717, 1.165) is 23.6 Å². The van der Waals surface area contributed by atoms with Gasteiger partial charge in [0.25, 0.3) is 0 Å². The van der Waals surface area contributed by atoms with Crippen molar-refractivity contribution in [3.8, 4) is 0 Å². The van der Waals surface area contributed by atoms with Crippen LogP contribution in [0.5, 0.6) is 0 Å². The average molecular weight is 270 g/mol. The smallest absolute Gasteiger partial charge is 0.126 e. The van der Waals surface area contributed by atoms with Gasteiger partial charge in [-0.25, -0.2) is 8.78 Å². The maximum atomic E-state index is 13.2. The van der Waals surface area contributed by atoms with E-state index in [4.69, 9.17) is 0 Å². The first kappa shape index (κ1) is 12.7. The second-order valence-corrected chi connectivity index (χ2v) is 4.47. The van der Waals surface area contributed by atoms with E-state index in [1.165, 1.54) is 0 Å². The van der Waals surface area contributed by atoms with Crippen molar-refractivity contribution < 1.29 is 13.9 Å². The lowest BCUT2D eigenvalue weighted by Crippen LogP contribution is -2.01. The van der Waals surface area contributed by atoms with E-state index in [2.05, 4.69) is 11.1 Å². The van der Waals surface area contributed by atoms with Gasteiger partial charge in [0.2, 0.25) is 0 Å². The molecule has 3 rings (SSSR count). The third-order valence-corrected chi connectivity index (χ3v) is 3.07. The third kappa shape index (κ3) is 2.38. The van der Waals surface area contributed by atoms with E-state index < -0.39 is 17.7 Å². The molecule has 1 N–H and O–H groups in total. The van der Waals surface area contributed by atoms with E-state index in [0.29, 0.717) is 11.1 Å². The molecule has 2 nitrogen and oxygen atoms in total. The quantitative estimate of drug-likeness (QED) is 0.774. The van der Waals surface area contributed by atoms with Gasteiger partial charge in [0.1, 0.15) is 17.7 Å². The zero-order valence-corrected chi connectivity index (χ0v) is 10.3. The highest BCUT2D eigenvalue weighted by Gasteiger charge is 2.13. The Morgan fingerprint density at radius 1 is 1.00 bits per heavy atom. The van der Waals surface area contributed by atoms with Gasteiger partial charge < -0.3 is 5.11 Å². The summed E-state index contributed by atoms with van der Waals surface area (Å²) in [5.74, 6) is -1.43. The average Bonchev–Trinajstić information content (AvgIpc) is 2.45. The van der Waals surface area contributed by atoms with Crippen molar-refractivity contribution >= 4 is 10.9 Å². The lowest BCUT2D eigenvalue weighted by atomic mass is 10.00. The summed E-state index contributed by atoms with van der Waals surface area (Å²) in [6.07, 6.45) is 0.493. The molecule has 2 aromatic carbocycles. The van der Waals surface area contributed by atoms with Gasteiger partial charge in [0.15, 0.2) is 0 Å². The van der Waals surface area contributed by atoms with Gasteiger partial charge in [-0.3, -0.25) is 4.98 Å². The standard InChI is InChI=1S/C16H10F2NO/c17-13-6-12(7-14(18)9-13)16(20)11-4-3-10-2-1-5-19-15(10)8-11/h1,3-9,16,20H. The Labute approximate surface area is 114 Å². The minimum Gasteiger partial charge on any atom is -0.384 e. The zero-order chi connectivity index (χ0) is 14.1. The van der Waals surface area contributed by atoms with Gasteiger partial charge in [-0.15, -0.1) is 0 Å². The normalized spacial score (nSPS) is 12.6. The first-order valence-corrected chi connectivity index (χ1v) is 6.04. The maximum absolute atomic E-state index is 13.2. The fourth-order valence-electron chi connectivity index (χ4n) is 2.12. The predicted molar refractivity (Wildman–Crippen MR) is 71.0 cm³/mol. The maximum Gasteiger partial charge on any atom is 0.126 e. The number of pyridine rings is 1. The SMILES string of the molecule is OC(c1cc(F)cc(F)c1)c1ccc2[c]ccnc2c1. The summed E-state index contributed by atoms with van der Waals surface area (Å²) < 4.78 is 26.4. The fourth-order valence-corrected chi connectivity index (χ4v) is 2.12. The summed E-state index contributed by atoms with van der Waals surface area (Å²) in [5, 5.41) is 11.0. The van der Waals surface area contributed by atoms with Gasteiger partial charge >= 0.3 is 0 Å². The Morgan fingerprint density at radius 2 is 1.75 bits per heavy atom.